The Bertz CT molecular complexity index is 324. The molecule has 0 spiro atoms. The van der Waals surface area contributed by atoms with E-state index in [1.54, 1.807) is 11.8 Å². The van der Waals surface area contributed by atoms with Gasteiger partial charge in [-0.3, -0.25) is 0 Å². The Morgan fingerprint density at radius 3 is 2.60 bits per heavy atom. The van der Waals surface area contributed by atoms with Gasteiger partial charge in [-0.15, -0.1) is 11.8 Å². The number of hydrogen-bond acceptors (Lipinski definition) is 3. The highest BCUT2D eigenvalue weighted by molar-refractivity contribution is 7.99. The number of nitrogens with zero attached hydrogens (tertiary/aromatic N) is 1. The molecule has 0 bridgehead atoms. The maximum Gasteiger partial charge on any atom is 0.0622 e. The quantitative estimate of drug-likeness (QED) is 0.612. The lowest BCUT2D eigenvalue weighted by molar-refractivity contribution is 0.817. The second-order valence-electron chi connectivity index (χ2n) is 3.47. The minimum absolute atomic E-state index is 0.0997. The molecular weight excluding hydrogens is 204 g/mol. The van der Waals surface area contributed by atoms with Crippen LogP contribution in [0.5, 0.6) is 0 Å². The van der Waals surface area contributed by atoms with E-state index in [1.807, 2.05) is 6.92 Å². The summed E-state index contributed by atoms with van der Waals surface area (Å²) in [5.74, 6) is 1.01. The Balaban J connectivity index is 2.40. The molecular formula is C12H16N2S. The van der Waals surface area contributed by atoms with Crippen LogP contribution in [-0.2, 0) is 0 Å². The standard InChI is InChI=1S/C12H16N2S/c1-10(14)11-4-6-12(7-5-11)15-9-3-2-8-13/h4-7,10H,2-3,9,14H2,1H3. The smallest absolute Gasteiger partial charge is 0.0622 e. The average Bonchev–Trinajstić information content (AvgIpc) is 2.25. The van der Waals surface area contributed by atoms with Crippen molar-refractivity contribution in [3.05, 3.63) is 29.8 Å². The van der Waals surface area contributed by atoms with Crippen molar-refractivity contribution in [3.63, 3.8) is 0 Å². The third-order valence-electron chi connectivity index (χ3n) is 2.11. The first-order chi connectivity index (χ1) is 7.24. The van der Waals surface area contributed by atoms with Gasteiger partial charge in [0.15, 0.2) is 0 Å². The lowest BCUT2D eigenvalue weighted by Gasteiger charge is -2.06. The molecule has 0 amide bonds. The minimum Gasteiger partial charge on any atom is -0.324 e. The zero-order valence-corrected chi connectivity index (χ0v) is 9.76. The Morgan fingerprint density at radius 1 is 1.40 bits per heavy atom. The van der Waals surface area contributed by atoms with Gasteiger partial charge in [0, 0.05) is 17.4 Å². The number of rotatable bonds is 5. The number of unbranched alkanes of at least 4 members (excludes halogenated alkanes) is 1. The number of benzene rings is 1. The fourth-order valence-corrected chi connectivity index (χ4v) is 2.06. The molecule has 0 aromatic heterocycles. The fraction of sp³-hybridized carbons (Fsp3) is 0.417. The molecule has 1 atom stereocenters. The van der Waals surface area contributed by atoms with E-state index in [-0.39, 0.29) is 6.04 Å². The first kappa shape index (κ1) is 12.1. The lowest BCUT2D eigenvalue weighted by atomic mass is 10.1. The summed E-state index contributed by atoms with van der Waals surface area (Å²) < 4.78 is 0. The molecule has 1 rings (SSSR count). The van der Waals surface area contributed by atoms with Crippen molar-refractivity contribution in [2.45, 2.75) is 30.7 Å². The normalized spacial score (nSPS) is 12.1. The molecule has 0 aliphatic heterocycles. The Hall–Kier alpha value is -0.980. The average molecular weight is 220 g/mol. The minimum atomic E-state index is 0.0997. The number of thioether (sulfide) groups is 1. The van der Waals surface area contributed by atoms with Gasteiger partial charge in [-0.1, -0.05) is 12.1 Å². The summed E-state index contributed by atoms with van der Waals surface area (Å²) in [5, 5.41) is 8.39. The van der Waals surface area contributed by atoms with Crippen LogP contribution in [0.3, 0.4) is 0 Å². The largest absolute Gasteiger partial charge is 0.324 e. The Kier molecular flexibility index (Phi) is 5.23. The topological polar surface area (TPSA) is 49.8 Å². The van der Waals surface area contributed by atoms with E-state index < -0.39 is 0 Å². The maximum absolute atomic E-state index is 8.39. The van der Waals surface area contributed by atoms with E-state index in [0.29, 0.717) is 6.42 Å². The van der Waals surface area contributed by atoms with Crippen LogP contribution in [0.1, 0.15) is 31.4 Å². The second kappa shape index (κ2) is 6.49. The lowest BCUT2D eigenvalue weighted by Crippen LogP contribution is -2.04. The number of nitrogens with two attached hydrogens (primary N) is 1. The molecule has 0 aliphatic rings. The summed E-state index contributed by atoms with van der Waals surface area (Å²) in [6.07, 6.45) is 1.60. The van der Waals surface area contributed by atoms with Crippen molar-refractivity contribution in [1.82, 2.24) is 0 Å². The number of nitriles is 1. The highest BCUT2D eigenvalue weighted by Crippen LogP contribution is 2.21. The van der Waals surface area contributed by atoms with Crippen LogP contribution in [0.15, 0.2) is 29.2 Å². The second-order valence-corrected chi connectivity index (χ2v) is 4.64. The van der Waals surface area contributed by atoms with Crippen LogP contribution in [0, 0.1) is 11.3 Å². The third-order valence-corrected chi connectivity index (χ3v) is 3.21. The molecule has 0 saturated carbocycles. The Morgan fingerprint density at radius 2 is 2.07 bits per heavy atom. The van der Waals surface area contributed by atoms with E-state index >= 15 is 0 Å². The predicted molar refractivity (Wildman–Crippen MR) is 64.6 cm³/mol. The Labute approximate surface area is 95.5 Å². The van der Waals surface area contributed by atoms with Crippen molar-refractivity contribution in [1.29, 1.82) is 5.26 Å². The summed E-state index contributed by atoms with van der Waals surface area (Å²) in [5.41, 5.74) is 6.92. The molecule has 0 saturated heterocycles. The first-order valence-electron chi connectivity index (χ1n) is 5.09. The molecule has 1 aromatic carbocycles. The third kappa shape index (κ3) is 4.37. The van der Waals surface area contributed by atoms with E-state index in [0.717, 1.165) is 17.7 Å². The van der Waals surface area contributed by atoms with Gasteiger partial charge in [0.2, 0.25) is 0 Å². The van der Waals surface area contributed by atoms with Crippen LogP contribution in [0.4, 0.5) is 0 Å². The molecule has 2 nitrogen and oxygen atoms in total. The van der Waals surface area contributed by atoms with Crippen molar-refractivity contribution in [2.24, 2.45) is 5.73 Å². The molecule has 15 heavy (non-hydrogen) atoms. The first-order valence-corrected chi connectivity index (χ1v) is 6.08. The highest BCUT2D eigenvalue weighted by atomic mass is 32.2. The SMILES string of the molecule is CC(N)c1ccc(SCCCC#N)cc1. The maximum atomic E-state index is 8.39. The highest BCUT2D eigenvalue weighted by Gasteiger charge is 1.99. The van der Waals surface area contributed by atoms with Gasteiger partial charge in [0.25, 0.3) is 0 Å². The molecule has 0 radical (unpaired) electrons. The fourth-order valence-electron chi connectivity index (χ4n) is 1.21. The molecule has 3 heteroatoms. The summed E-state index contributed by atoms with van der Waals surface area (Å²) in [6, 6.07) is 10.6. The van der Waals surface area contributed by atoms with Crippen molar-refractivity contribution < 1.29 is 0 Å². The van der Waals surface area contributed by atoms with Gasteiger partial charge in [-0.2, -0.15) is 5.26 Å². The summed E-state index contributed by atoms with van der Waals surface area (Å²) in [7, 11) is 0. The van der Waals surface area contributed by atoms with E-state index in [4.69, 9.17) is 11.0 Å². The molecule has 0 aliphatic carbocycles. The van der Waals surface area contributed by atoms with Gasteiger partial charge in [0.1, 0.15) is 0 Å². The van der Waals surface area contributed by atoms with Gasteiger partial charge in [-0.25, -0.2) is 0 Å². The van der Waals surface area contributed by atoms with Gasteiger partial charge < -0.3 is 5.73 Å². The summed E-state index contributed by atoms with van der Waals surface area (Å²) >= 11 is 1.79. The van der Waals surface area contributed by atoms with E-state index in [9.17, 15) is 0 Å². The van der Waals surface area contributed by atoms with Crippen LogP contribution >= 0.6 is 11.8 Å². The molecule has 1 unspecified atom stereocenters. The number of hydrogen-bond donors (Lipinski definition) is 1. The van der Waals surface area contributed by atoms with E-state index in [2.05, 4.69) is 30.3 Å². The summed E-state index contributed by atoms with van der Waals surface area (Å²) in [6.45, 7) is 1.98. The van der Waals surface area contributed by atoms with Crippen molar-refractivity contribution in [3.8, 4) is 6.07 Å². The monoisotopic (exact) mass is 220 g/mol. The molecule has 2 N–H and O–H groups in total. The van der Waals surface area contributed by atoms with Crippen molar-refractivity contribution >= 4 is 11.8 Å². The molecule has 80 valence electrons. The molecule has 0 fully saturated rings. The van der Waals surface area contributed by atoms with Crippen LogP contribution in [0.25, 0.3) is 0 Å². The predicted octanol–water partition coefficient (Wildman–Crippen LogP) is 3.10. The molecule has 1 aromatic rings. The zero-order chi connectivity index (χ0) is 11.1. The van der Waals surface area contributed by atoms with Crippen LogP contribution < -0.4 is 5.73 Å². The summed E-state index contributed by atoms with van der Waals surface area (Å²) in [4.78, 5) is 1.25. The van der Waals surface area contributed by atoms with Gasteiger partial charge >= 0.3 is 0 Å². The molecule has 0 heterocycles. The van der Waals surface area contributed by atoms with Gasteiger partial charge in [0.05, 0.1) is 6.07 Å². The van der Waals surface area contributed by atoms with Gasteiger partial charge in [-0.05, 0) is 36.8 Å². The van der Waals surface area contributed by atoms with Crippen LogP contribution in [-0.4, -0.2) is 5.75 Å². The van der Waals surface area contributed by atoms with E-state index in [1.165, 1.54) is 4.90 Å². The zero-order valence-electron chi connectivity index (χ0n) is 8.94. The van der Waals surface area contributed by atoms with Crippen LogP contribution in [0.2, 0.25) is 0 Å². The van der Waals surface area contributed by atoms with Crippen molar-refractivity contribution in [2.75, 3.05) is 5.75 Å².